The maximum Gasteiger partial charge on any atom is 0.291 e. The van der Waals surface area contributed by atoms with E-state index >= 15 is 0 Å². The van der Waals surface area contributed by atoms with Gasteiger partial charge in [-0.3, -0.25) is 9.89 Å². The van der Waals surface area contributed by atoms with Crippen molar-refractivity contribution in [3.8, 4) is 0 Å². The van der Waals surface area contributed by atoms with Crippen molar-refractivity contribution in [1.29, 1.82) is 0 Å². The van der Waals surface area contributed by atoms with E-state index in [0.717, 1.165) is 25.7 Å². The number of hydrogen-bond acceptors (Lipinski definition) is 5. The molecule has 0 saturated heterocycles. The number of amides is 1. The molecule has 7 heteroatoms. The van der Waals surface area contributed by atoms with Crippen LogP contribution in [0.5, 0.6) is 0 Å². The first-order valence-electron chi connectivity index (χ1n) is 6.32. The van der Waals surface area contributed by atoms with Crippen LogP contribution < -0.4 is 5.73 Å². The molecule has 0 aliphatic heterocycles. The predicted octanol–water partition coefficient (Wildman–Crippen LogP) is 0.154. The summed E-state index contributed by atoms with van der Waals surface area (Å²) in [7, 11) is 0. The van der Waals surface area contributed by atoms with Crippen LogP contribution in [0, 0.1) is 0 Å². The van der Waals surface area contributed by atoms with Crippen LogP contribution in [-0.2, 0) is 0 Å². The molecule has 18 heavy (non-hydrogen) atoms. The van der Waals surface area contributed by atoms with E-state index in [4.69, 9.17) is 10.8 Å². The van der Waals surface area contributed by atoms with Crippen LogP contribution >= 0.6 is 0 Å². The Kier molecular flexibility index (Phi) is 4.14. The Bertz CT molecular complexity index is 400. The molecule has 4 N–H and O–H groups in total. The molecule has 1 amide bonds. The minimum atomic E-state index is -0.236. The van der Waals surface area contributed by atoms with Gasteiger partial charge < -0.3 is 15.7 Å². The van der Waals surface area contributed by atoms with Crippen LogP contribution in [-0.4, -0.2) is 50.3 Å². The van der Waals surface area contributed by atoms with Gasteiger partial charge in [0.2, 0.25) is 11.8 Å². The van der Waals surface area contributed by atoms with E-state index in [1.54, 1.807) is 4.90 Å². The standard InChI is InChI=1S/C11H19N5O2/c12-11-13-9(14-15-11)10(18)16(6-7-17)8-4-2-1-3-5-8/h8,17H,1-7H2,(H3,12,13,14,15). The highest BCUT2D eigenvalue weighted by atomic mass is 16.3. The Morgan fingerprint density at radius 3 is 2.72 bits per heavy atom. The molecule has 2 rings (SSSR count). The summed E-state index contributed by atoms with van der Waals surface area (Å²) < 4.78 is 0. The summed E-state index contributed by atoms with van der Waals surface area (Å²) in [5.74, 6) is -0.0300. The van der Waals surface area contributed by atoms with Gasteiger partial charge in [0.25, 0.3) is 5.91 Å². The van der Waals surface area contributed by atoms with Gasteiger partial charge in [-0.1, -0.05) is 19.3 Å². The van der Waals surface area contributed by atoms with Gasteiger partial charge >= 0.3 is 0 Å². The summed E-state index contributed by atoms with van der Waals surface area (Å²) in [5.41, 5.74) is 5.40. The third-order valence-electron chi connectivity index (χ3n) is 3.32. The fourth-order valence-corrected chi connectivity index (χ4v) is 2.46. The van der Waals surface area contributed by atoms with Crippen molar-refractivity contribution in [3.63, 3.8) is 0 Å². The first kappa shape index (κ1) is 12.8. The number of nitrogen functional groups attached to an aromatic ring is 1. The van der Waals surface area contributed by atoms with E-state index < -0.39 is 0 Å². The number of rotatable bonds is 4. The molecule has 0 aromatic carbocycles. The number of aliphatic hydroxyl groups excluding tert-OH is 1. The zero-order valence-corrected chi connectivity index (χ0v) is 10.3. The third-order valence-corrected chi connectivity index (χ3v) is 3.32. The smallest absolute Gasteiger partial charge is 0.291 e. The minimum Gasteiger partial charge on any atom is -0.395 e. The lowest BCUT2D eigenvalue weighted by Gasteiger charge is -2.33. The molecule has 1 heterocycles. The average Bonchev–Trinajstić information content (AvgIpc) is 2.83. The fourth-order valence-electron chi connectivity index (χ4n) is 2.46. The highest BCUT2D eigenvalue weighted by Gasteiger charge is 2.27. The SMILES string of the molecule is Nc1n[nH]c(C(=O)N(CCO)C2CCCCC2)n1. The Morgan fingerprint density at radius 1 is 1.44 bits per heavy atom. The van der Waals surface area contributed by atoms with Crippen LogP contribution in [0.2, 0.25) is 0 Å². The summed E-state index contributed by atoms with van der Waals surface area (Å²) in [6, 6.07) is 0.185. The van der Waals surface area contributed by atoms with Gasteiger partial charge in [0.05, 0.1) is 6.61 Å². The normalized spacial score (nSPS) is 16.7. The van der Waals surface area contributed by atoms with Crippen molar-refractivity contribution in [3.05, 3.63) is 5.82 Å². The molecule has 1 aromatic heterocycles. The van der Waals surface area contributed by atoms with E-state index in [-0.39, 0.29) is 30.3 Å². The molecule has 0 atom stereocenters. The van der Waals surface area contributed by atoms with Gasteiger partial charge in [-0.25, -0.2) is 0 Å². The molecule has 1 fully saturated rings. The van der Waals surface area contributed by atoms with Crippen LogP contribution in [0.1, 0.15) is 42.7 Å². The Balaban J connectivity index is 2.10. The van der Waals surface area contributed by atoms with Crippen molar-refractivity contribution in [2.24, 2.45) is 0 Å². The summed E-state index contributed by atoms with van der Waals surface area (Å²) in [6.07, 6.45) is 5.43. The number of hydrogen-bond donors (Lipinski definition) is 3. The first-order chi connectivity index (χ1) is 8.72. The summed E-state index contributed by atoms with van der Waals surface area (Å²) >= 11 is 0. The lowest BCUT2D eigenvalue weighted by atomic mass is 9.94. The molecule has 0 bridgehead atoms. The third kappa shape index (κ3) is 2.79. The van der Waals surface area contributed by atoms with Gasteiger partial charge in [0.1, 0.15) is 0 Å². The summed E-state index contributed by atoms with van der Waals surface area (Å²) in [6.45, 7) is 0.274. The van der Waals surface area contributed by atoms with E-state index in [1.165, 1.54) is 6.42 Å². The van der Waals surface area contributed by atoms with Crippen molar-refractivity contribution < 1.29 is 9.90 Å². The van der Waals surface area contributed by atoms with Crippen molar-refractivity contribution in [1.82, 2.24) is 20.1 Å². The number of H-pyrrole nitrogens is 1. The van der Waals surface area contributed by atoms with Crippen molar-refractivity contribution in [2.75, 3.05) is 18.9 Å². The van der Waals surface area contributed by atoms with Crippen LogP contribution in [0.3, 0.4) is 0 Å². The predicted molar refractivity (Wildman–Crippen MR) is 65.8 cm³/mol. The number of nitrogens with two attached hydrogens (primary N) is 1. The largest absolute Gasteiger partial charge is 0.395 e. The lowest BCUT2D eigenvalue weighted by Crippen LogP contribution is -2.43. The second-order valence-corrected chi connectivity index (χ2v) is 4.56. The van der Waals surface area contributed by atoms with Gasteiger partial charge in [-0.05, 0) is 12.8 Å². The molecule has 0 spiro atoms. The van der Waals surface area contributed by atoms with Gasteiger partial charge in [-0.2, -0.15) is 4.98 Å². The van der Waals surface area contributed by atoms with E-state index in [1.807, 2.05) is 0 Å². The van der Waals surface area contributed by atoms with E-state index in [2.05, 4.69) is 15.2 Å². The molecule has 0 radical (unpaired) electrons. The Morgan fingerprint density at radius 2 is 2.17 bits per heavy atom. The summed E-state index contributed by atoms with van der Waals surface area (Å²) in [5, 5.41) is 15.3. The lowest BCUT2D eigenvalue weighted by molar-refractivity contribution is 0.0573. The van der Waals surface area contributed by atoms with Gasteiger partial charge in [-0.15, -0.1) is 5.10 Å². The number of aromatic amines is 1. The Hall–Kier alpha value is -1.63. The number of anilines is 1. The van der Waals surface area contributed by atoms with E-state index in [0.29, 0.717) is 6.54 Å². The zero-order chi connectivity index (χ0) is 13.0. The molecule has 0 unspecified atom stereocenters. The molecule has 1 aliphatic rings. The van der Waals surface area contributed by atoms with Crippen LogP contribution in [0.15, 0.2) is 0 Å². The van der Waals surface area contributed by atoms with Crippen LogP contribution in [0.4, 0.5) is 5.95 Å². The highest BCUT2D eigenvalue weighted by molar-refractivity contribution is 5.90. The maximum absolute atomic E-state index is 12.3. The molecular weight excluding hydrogens is 234 g/mol. The van der Waals surface area contributed by atoms with Gasteiger partial charge in [0.15, 0.2) is 0 Å². The number of aromatic nitrogens is 3. The van der Waals surface area contributed by atoms with Crippen molar-refractivity contribution in [2.45, 2.75) is 38.1 Å². The first-order valence-corrected chi connectivity index (χ1v) is 6.32. The second kappa shape index (κ2) is 5.81. The monoisotopic (exact) mass is 253 g/mol. The molecule has 100 valence electrons. The average molecular weight is 253 g/mol. The number of aliphatic hydroxyl groups is 1. The molecule has 7 nitrogen and oxygen atoms in total. The topological polar surface area (TPSA) is 108 Å². The van der Waals surface area contributed by atoms with E-state index in [9.17, 15) is 4.79 Å². The summed E-state index contributed by atoms with van der Waals surface area (Å²) in [4.78, 5) is 17.8. The maximum atomic E-state index is 12.3. The quantitative estimate of drug-likeness (QED) is 0.708. The van der Waals surface area contributed by atoms with Crippen LogP contribution in [0.25, 0.3) is 0 Å². The van der Waals surface area contributed by atoms with Gasteiger partial charge in [0, 0.05) is 12.6 Å². The molecule has 1 aromatic rings. The number of carbonyl (C=O) groups is 1. The fraction of sp³-hybridized carbons (Fsp3) is 0.727. The molecular formula is C11H19N5O2. The number of nitrogens with one attached hydrogen (secondary N) is 1. The Labute approximate surface area is 105 Å². The molecule has 1 aliphatic carbocycles. The van der Waals surface area contributed by atoms with Crippen molar-refractivity contribution >= 4 is 11.9 Å². The highest BCUT2D eigenvalue weighted by Crippen LogP contribution is 2.23. The number of nitrogens with zero attached hydrogens (tertiary/aromatic N) is 3. The zero-order valence-electron chi connectivity index (χ0n) is 10.3. The minimum absolute atomic E-state index is 0.0497. The second-order valence-electron chi connectivity index (χ2n) is 4.56. The number of carbonyl (C=O) groups excluding carboxylic acids is 1. The molecule has 1 saturated carbocycles.